The minimum absolute atomic E-state index is 0.137. The number of carbonyl (C=O) groups excluding carboxylic acids is 1. The quantitative estimate of drug-likeness (QED) is 0.659. The number of nitrogens with one attached hydrogen (secondary N) is 1. The van der Waals surface area contributed by atoms with Crippen LogP contribution in [0.2, 0.25) is 0 Å². The van der Waals surface area contributed by atoms with Crippen LogP contribution in [0.25, 0.3) is 10.6 Å². The molecule has 1 aliphatic rings. The predicted molar refractivity (Wildman–Crippen MR) is 113 cm³/mol. The van der Waals surface area contributed by atoms with Crippen LogP contribution in [0.5, 0.6) is 0 Å². The number of nitrogens with zero attached hydrogens (tertiary/aromatic N) is 3. The summed E-state index contributed by atoms with van der Waals surface area (Å²) in [5, 5.41) is 11.8. The Kier molecular flexibility index (Phi) is 5.97. The first kappa shape index (κ1) is 19.7. The van der Waals surface area contributed by atoms with E-state index in [-0.39, 0.29) is 17.8 Å². The van der Waals surface area contributed by atoms with Crippen LogP contribution in [0.4, 0.5) is 9.52 Å². The first-order valence-corrected chi connectivity index (χ1v) is 10.6. The highest BCUT2D eigenvalue weighted by Crippen LogP contribution is 2.31. The number of likely N-dealkylation sites (tertiary alicyclic amines) is 1. The molecule has 1 atom stereocenters. The molecule has 1 aliphatic heterocycles. The van der Waals surface area contributed by atoms with E-state index < -0.39 is 0 Å². The fraction of sp³-hybridized carbons (Fsp3) is 0.318. The maximum Gasteiger partial charge on any atom is 0.248 e. The molecule has 29 heavy (non-hydrogen) atoms. The van der Waals surface area contributed by atoms with Gasteiger partial charge in [0.2, 0.25) is 11.0 Å². The van der Waals surface area contributed by atoms with Gasteiger partial charge < -0.3 is 0 Å². The maximum atomic E-state index is 14.0. The van der Waals surface area contributed by atoms with Gasteiger partial charge in [0.1, 0.15) is 11.9 Å². The maximum absolute atomic E-state index is 14.0. The number of amides is 1. The first-order valence-electron chi connectivity index (χ1n) is 9.80. The van der Waals surface area contributed by atoms with E-state index in [1.807, 2.05) is 30.3 Å². The molecular formula is C22H23FN4OS. The third-order valence-electron chi connectivity index (χ3n) is 5.31. The highest BCUT2D eigenvalue weighted by atomic mass is 32.1. The Labute approximate surface area is 173 Å². The molecule has 1 fully saturated rings. The molecule has 3 aromatic rings. The highest BCUT2D eigenvalue weighted by Gasteiger charge is 2.30. The minimum atomic E-state index is -0.385. The number of hydrogen-bond acceptors (Lipinski definition) is 5. The topological polar surface area (TPSA) is 58.1 Å². The molecule has 0 radical (unpaired) electrons. The lowest BCUT2D eigenvalue weighted by Crippen LogP contribution is -2.41. The summed E-state index contributed by atoms with van der Waals surface area (Å²) in [5.41, 5.74) is 1.34. The molecule has 4 rings (SSSR count). The molecule has 7 heteroatoms. The zero-order valence-corrected chi connectivity index (χ0v) is 17.0. The third kappa shape index (κ3) is 4.52. The van der Waals surface area contributed by atoms with Crippen molar-refractivity contribution in [3.05, 3.63) is 66.0 Å². The first-order chi connectivity index (χ1) is 14.1. The second-order valence-corrected chi connectivity index (χ2v) is 8.39. The summed E-state index contributed by atoms with van der Waals surface area (Å²) in [4.78, 5) is 15.4. The Bertz CT molecular complexity index is 970. The van der Waals surface area contributed by atoms with Crippen molar-refractivity contribution in [2.24, 2.45) is 5.92 Å². The van der Waals surface area contributed by atoms with E-state index in [0.717, 1.165) is 31.5 Å². The summed E-state index contributed by atoms with van der Waals surface area (Å²) < 4.78 is 14.0. The number of halogens is 1. The molecule has 1 aromatic heterocycles. The molecule has 1 amide bonds. The summed E-state index contributed by atoms with van der Waals surface area (Å²) in [5.74, 6) is 0.185. The number of benzene rings is 2. The molecule has 5 nitrogen and oxygen atoms in total. The fourth-order valence-corrected chi connectivity index (χ4v) is 4.41. The van der Waals surface area contributed by atoms with Gasteiger partial charge in [-0.05, 0) is 49.5 Å². The van der Waals surface area contributed by atoms with Gasteiger partial charge in [0.25, 0.3) is 0 Å². The van der Waals surface area contributed by atoms with Gasteiger partial charge in [-0.2, -0.15) is 0 Å². The van der Waals surface area contributed by atoms with E-state index in [0.29, 0.717) is 21.6 Å². The zero-order valence-electron chi connectivity index (χ0n) is 16.2. The number of rotatable bonds is 5. The van der Waals surface area contributed by atoms with E-state index in [1.165, 1.54) is 17.4 Å². The van der Waals surface area contributed by atoms with Crippen molar-refractivity contribution in [3.8, 4) is 10.6 Å². The van der Waals surface area contributed by atoms with Gasteiger partial charge in [-0.1, -0.05) is 60.7 Å². The summed E-state index contributed by atoms with van der Waals surface area (Å²) in [6.07, 6.45) is 2.15. The molecule has 0 saturated carbocycles. The molecule has 2 aromatic carbocycles. The van der Waals surface area contributed by atoms with Crippen LogP contribution in [0.1, 0.15) is 31.4 Å². The predicted octanol–water partition coefficient (Wildman–Crippen LogP) is 4.76. The van der Waals surface area contributed by atoms with Crippen LogP contribution in [-0.4, -0.2) is 34.1 Å². The van der Waals surface area contributed by atoms with Crippen molar-refractivity contribution < 1.29 is 9.18 Å². The van der Waals surface area contributed by atoms with Crippen molar-refractivity contribution in [2.75, 3.05) is 18.4 Å². The molecule has 1 saturated heterocycles. The molecule has 0 bridgehead atoms. The molecule has 1 N–H and O–H groups in total. The molecule has 0 aliphatic carbocycles. The normalized spacial score (nSPS) is 16.5. The van der Waals surface area contributed by atoms with Crippen LogP contribution < -0.4 is 5.32 Å². The number of hydrogen-bond donors (Lipinski definition) is 1. The summed E-state index contributed by atoms with van der Waals surface area (Å²) in [6.45, 7) is 4.01. The van der Waals surface area contributed by atoms with E-state index in [1.54, 1.807) is 18.2 Å². The van der Waals surface area contributed by atoms with Gasteiger partial charge in [0, 0.05) is 5.56 Å². The SMILES string of the molecule is CC1CCN(C(C(=O)Nc2nnc(-c3ccccc3F)s2)c2ccccc2)CC1. The third-order valence-corrected chi connectivity index (χ3v) is 6.18. The van der Waals surface area contributed by atoms with Gasteiger partial charge in [-0.15, -0.1) is 10.2 Å². The summed E-state index contributed by atoms with van der Waals surface area (Å²) in [7, 11) is 0. The number of piperidine rings is 1. The summed E-state index contributed by atoms with van der Waals surface area (Å²) in [6, 6.07) is 15.8. The van der Waals surface area contributed by atoms with Crippen molar-refractivity contribution in [1.29, 1.82) is 0 Å². The Morgan fingerprint density at radius 2 is 1.79 bits per heavy atom. The number of aromatic nitrogens is 2. The Balaban J connectivity index is 1.55. The molecule has 150 valence electrons. The standard InChI is InChI=1S/C22H23FN4OS/c1-15-11-13-27(14-12-15)19(16-7-3-2-4-8-16)20(28)24-22-26-25-21(29-22)17-9-5-6-10-18(17)23/h2-10,15,19H,11-14H2,1H3,(H,24,26,28). The Hall–Kier alpha value is -2.64. The van der Waals surface area contributed by atoms with Gasteiger partial charge in [-0.25, -0.2) is 4.39 Å². The van der Waals surface area contributed by atoms with E-state index in [2.05, 4.69) is 27.3 Å². The van der Waals surface area contributed by atoms with E-state index >= 15 is 0 Å². The minimum Gasteiger partial charge on any atom is -0.299 e. The number of anilines is 1. The Morgan fingerprint density at radius 1 is 1.10 bits per heavy atom. The molecule has 2 heterocycles. The second kappa shape index (κ2) is 8.80. The van der Waals surface area contributed by atoms with Crippen LogP contribution in [0.3, 0.4) is 0 Å². The molecule has 0 spiro atoms. The van der Waals surface area contributed by atoms with Gasteiger partial charge in [0.15, 0.2) is 5.01 Å². The van der Waals surface area contributed by atoms with Crippen molar-refractivity contribution in [2.45, 2.75) is 25.8 Å². The van der Waals surface area contributed by atoms with Gasteiger partial charge in [0.05, 0.1) is 0 Å². The smallest absolute Gasteiger partial charge is 0.248 e. The highest BCUT2D eigenvalue weighted by molar-refractivity contribution is 7.18. The Morgan fingerprint density at radius 3 is 2.52 bits per heavy atom. The van der Waals surface area contributed by atoms with Crippen LogP contribution in [-0.2, 0) is 4.79 Å². The number of carbonyl (C=O) groups is 1. The lowest BCUT2D eigenvalue weighted by Gasteiger charge is -2.35. The van der Waals surface area contributed by atoms with Crippen molar-refractivity contribution in [1.82, 2.24) is 15.1 Å². The van der Waals surface area contributed by atoms with Crippen LogP contribution in [0.15, 0.2) is 54.6 Å². The largest absolute Gasteiger partial charge is 0.299 e. The lowest BCUT2D eigenvalue weighted by molar-refractivity contribution is -0.122. The average Bonchev–Trinajstić information content (AvgIpc) is 3.19. The zero-order chi connectivity index (χ0) is 20.2. The molecular weight excluding hydrogens is 387 g/mol. The van der Waals surface area contributed by atoms with Gasteiger partial charge >= 0.3 is 0 Å². The monoisotopic (exact) mass is 410 g/mol. The van der Waals surface area contributed by atoms with E-state index in [4.69, 9.17) is 0 Å². The fourth-order valence-electron chi connectivity index (χ4n) is 3.64. The van der Waals surface area contributed by atoms with Crippen molar-refractivity contribution in [3.63, 3.8) is 0 Å². The van der Waals surface area contributed by atoms with Gasteiger partial charge in [-0.3, -0.25) is 15.0 Å². The van der Waals surface area contributed by atoms with Crippen molar-refractivity contribution >= 4 is 22.4 Å². The second-order valence-electron chi connectivity index (χ2n) is 7.41. The van der Waals surface area contributed by atoms with Crippen LogP contribution in [0, 0.1) is 11.7 Å². The van der Waals surface area contributed by atoms with Crippen LogP contribution >= 0.6 is 11.3 Å². The average molecular weight is 411 g/mol. The summed E-state index contributed by atoms with van der Waals surface area (Å²) >= 11 is 1.18. The lowest BCUT2D eigenvalue weighted by atomic mass is 9.95. The van der Waals surface area contributed by atoms with E-state index in [9.17, 15) is 9.18 Å². The molecule has 1 unspecified atom stereocenters.